The summed E-state index contributed by atoms with van der Waals surface area (Å²) in [6, 6.07) is 0. The summed E-state index contributed by atoms with van der Waals surface area (Å²) in [7, 11) is 0. The number of alkyl halides is 2. The molecule has 13 heavy (non-hydrogen) atoms. The van der Waals surface area contributed by atoms with Crippen molar-refractivity contribution in [2.75, 3.05) is 0 Å². The zero-order valence-electron chi connectivity index (χ0n) is 6.27. The van der Waals surface area contributed by atoms with Crippen LogP contribution in [0.4, 0.5) is 13.2 Å². The molecule has 1 aromatic rings. The van der Waals surface area contributed by atoms with Crippen molar-refractivity contribution >= 4 is 15.9 Å². The van der Waals surface area contributed by atoms with Crippen molar-refractivity contribution < 1.29 is 18.3 Å². The van der Waals surface area contributed by atoms with Gasteiger partial charge in [0.05, 0.1) is 28.5 Å². The van der Waals surface area contributed by atoms with E-state index in [0.717, 1.165) is 6.20 Å². The second-order valence-electron chi connectivity index (χ2n) is 2.24. The maximum Gasteiger partial charge on any atom is 0.266 e. The highest BCUT2D eigenvalue weighted by Crippen LogP contribution is 2.31. The molecule has 0 spiro atoms. The number of halogens is 4. The first-order valence-electron chi connectivity index (χ1n) is 3.29. The molecule has 0 amide bonds. The number of pyridine rings is 1. The molecule has 0 radical (unpaired) electrons. The first kappa shape index (κ1) is 10.5. The number of aromatic nitrogens is 1. The zero-order valence-corrected chi connectivity index (χ0v) is 7.85. The Kier molecular flexibility index (Phi) is 3.27. The lowest BCUT2D eigenvalue weighted by Gasteiger charge is -2.07. The second kappa shape index (κ2) is 4.06. The minimum atomic E-state index is -2.86. The summed E-state index contributed by atoms with van der Waals surface area (Å²) in [6.45, 7) is -0.640. The fraction of sp³-hybridized carbons (Fsp3) is 0.286. The van der Waals surface area contributed by atoms with Gasteiger partial charge in [-0.15, -0.1) is 0 Å². The van der Waals surface area contributed by atoms with Gasteiger partial charge in [-0.3, -0.25) is 4.98 Å². The van der Waals surface area contributed by atoms with Crippen LogP contribution < -0.4 is 0 Å². The molecule has 2 nitrogen and oxygen atoms in total. The Morgan fingerprint density at radius 1 is 1.54 bits per heavy atom. The maximum atomic E-state index is 12.7. The molecular formula is C7H5BrF3NO. The quantitative estimate of drug-likeness (QED) is 0.881. The van der Waals surface area contributed by atoms with Gasteiger partial charge in [0.2, 0.25) is 0 Å². The van der Waals surface area contributed by atoms with E-state index in [2.05, 4.69) is 20.9 Å². The van der Waals surface area contributed by atoms with E-state index >= 15 is 0 Å². The molecular weight excluding hydrogens is 251 g/mol. The molecule has 0 aliphatic heterocycles. The van der Waals surface area contributed by atoms with E-state index in [0.29, 0.717) is 0 Å². The monoisotopic (exact) mass is 255 g/mol. The van der Waals surface area contributed by atoms with Crippen LogP contribution in [0.15, 0.2) is 10.7 Å². The topological polar surface area (TPSA) is 33.1 Å². The van der Waals surface area contributed by atoms with Gasteiger partial charge in [0.1, 0.15) is 0 Å². The lowest BCUT2D eigenvalue weighted by molar-refractivity contribution is 0.144. The van der Waals surface area contributed by atoms with Gasteiger partial charge in [0.25, 0.3) is 6.43 Å². The molecule has 0 saturated heterocycles. The van der Waals surface area contributed by atoms with Crippen molar-refractivity contribution in [2.24, 2.45) is 0 Å². The Bertz CT molecular complexity index is 319. The van der Waals surface area contributed by atoms with Crippen molar-refractivity contribution in [2.45, 2.75) is 13.0 Å². The van der Waals surface area contributed by atoms with E-state index < -0.39 is 24.4 Å². The van der Waals surface area contributed by atoms with Crippen molar-refractivity contribution in [3.63, 3.8) is 0 Å². The molecule has 0 aliphatic carbocycles. The highest BCUT2D eigenvalue weighted by atomic mass is 79.9. The summed E-state index contributed by atoms with van der Waals surface area (Å²) >= 11 is 2.67. The van der Waals surface area contributed by atoms with E-state index in [1.165, 1.54) is 0 Å². The first-order valence-corrected chi connectivity index (χ1v) is 4.09. The lowest BCUT2D eigenvalue weighted by Crippen LogP contribution is -2.01. The van der Waals surface area contributed by atoms with Gasteiger partial charge in [-0.05, 0) is 15.9 Å². The Labute approximate surface area is 80.5 Å². The van der Waals surface area contributed by atoms with E-state index in [1.54, 1.807) is 0 Å². The third kappa shape index (κ3) is 2.00. The lowest BCUT2D eigenvalue weighted by atomic mass is 10.2. The fourth-order valence-electron chi connectivity index (χ4n) is 0.864. The van der Waals surface area contributed by atoms with Crippen molar-refractivity contribution in [3.8, 4) is 0 Å². The summed E-state index contributed by atoms with van der Waals surface area (Å²) in [5.41, 5.74) is -0.814. The average molecular weight is 256 g/mol. The van der Waals surface area contributed by atoms with Crippen molar-refractivity contribution in [1.82, 2.24) is 4.98 Å². The number of hydrogen-bond acceptors (Lipinski definition) is 2. The maximum absolute atomic E-state index is 12.7. The van der Waals surface area contributed by atoms with Crippen LogP contribution in [0.3, 0.4) is 0 Å². The normalized spacial score (nSPS) is 10.9. The number of aliphatic hydroxyl groups is 1. The molecule has 1 heterocycles. The molecule has 0 aromatic carbocycles. The van der Waals surface area contributed by atoms with Gasteiger partial charge in [-0.25, -0.2) is 13.2 Å². The standard InChI is InChI=1S/C7H5BrF3NO/c8-6-3(9)1-12-4(2-13)5(6)7(10)11/h1,7,13H,2H2. The molecule has 0 fully saturated rings. The third-order valence-corrected chi connectivity index (χ3v) is 2.26. The fourth-order valence-corrected chi connectivity index (χ4v) is 1.37. The SMILES string of the molecule is OCc1ncc(F)c(Br)c1C(F)F. The highest BCUT2D eigenvalue weighted by Gasteiger charge is 2.20. The minimum Gasteiger partial charge on any atom is -0.390 e. The molecule has 1 rings (SSSR count). The molecule has 0 aliphatic rings. The Morgan fingerprint density at radius 2 is 2.15 bits per heavy atom. The predicted octanol–water partition coefficient (Wildman–Crippen LogP) is 2.41. The van der Waals surface area contributed by atoms with E-state index in [9.17, 15) is 13.2 Å². The number of aliphatic hydroxyl groups excluding tert-OH is 1. The summed E-state index contributed by atoms with van der Waals surface area (Å²) in [6.07, 6.45) is -2.08. The predicted molar refractivity (Wildman–Crippen MR) is 42.8 cm³/mol. The zero-order chi connectivity index (χ0) is 10.0. The van der Waals surface area contributed by atoms with Crippen molar-refractivity contribution in [1.29, 1.82) is 0 Å². The van der Waals surface area contributed by atoms with E-state index in [1.807, 2.05) is 0 Å². The number of nitrogens with zero attached hydrogens (tertiary/aromatic N) is 1. The van der Waals surface area contributed by atoms with Gasteiger partial charge in [-0.1, -0.05) is 0 Å². The van der Waals surface area contributed by atoms with Gasteiger partial charge >= 0.3 is 0 Å². The molecule has 0 atom stereocenters. The van der Waals surface area contributed by atoms with Gasteiger partial charge in [0.15, 0.2) is 5.82 Å². The van der Waals surface area contributed by atoms with Crippen LogP contribution in [0.25, 0.3) is 0 Å². The van der Waals surface area contributed by atoms with E-state index in [4.69, 9.17) is 5.11 Å². The number of rotatable bonds is 2. The van der Waals surface area contributed by atoms with E-state index in [-0.39, 0.29) is 10.2 Å². The van der Waals surface area contributed by atoms with Crippen LogP contribution in [0, 0.1) is 5.82 Å². The van der Waals surface area contributed by atoms with Crippen LogP contribution in [-0.2, 0) is 6.61 Å². The molecule has 72 valence electrons. The summed E-state index contributed by atoms with van der Waals surface area (Å²) < 4.78 is 37.0. The summed E-state index contributed by atoms with van der Waals surface area (Å²) in [5.74, 6) is -0.868. The highest BCUT2D eigenvalue weighted by molar-refractivity contribution is 9.10. The Hall–Kier alpha value is -0.620. The van der Waals surface area contributed by atoms with Crippen LogP contribution in [-0.4, -0.2) is 10.1 Å². The number of hydrogen-bond donors (Lipinski definition) is 1. The molecule has 0 bridgehead atoms. The van der Waals surface area contributed by atoms with Crippen LogP contribution in [0.1, 0.15) is 17.7 Å². The molecule has 1 aromatic heterocycles. The third-order valence-electron chi connectivity index (χ3n) is 1.46. The van der Waals surface area contributed by atoms with Gasteiger partial charge in [-0.2, -0.15) is 0 Å². The largest absolute Gasteiger partial charge is 0.390 e. The Morgan fingerprint density at radius 3 is 2.62 bits per heavy atom. The Balaban J connectivity index is 3.32. The van der Waals surface area contributed by atoms with Crippen molar-refractivity contribution in [3.05, 3.63) is 27.7 Å². The van der Waals surface area contributed by atoms with Gasteiger partial charge in [0, 0.05) is 0 Å². The molecule has 0 unspecified atom stereocenters. The summed E-state index contributed by atoms with van der Waals surface area (Å²) in [5, 5.41) is 8.64. The van der Waals surface area contributed by atoms with Crippen LogP contribution >= 0.6 is 15.9 Å². The average Bonchev–Trinajstić information content (AvgIpc) is 2.08. The smallest absolute Gasteiger partial charge is 0.266 e. The minimum absolute atomic E-state index is 0.219. The summed E-state index contributed by atoms with van der Waals surface area (Å²) in [4.78, 5) is 3.34. The van der Waals surface area contributed by atoms with Gasteiger partial charge < -0.3 is 5.11 Å². The molecule has 1 N–H and O–H groups in total. The van der Waals surface area contributed by atoms with Crippen LogP contribution in [0.2, 0.25) is 0 Å². The van der Waals surface area contributed by atoms with Crippen LogP contribution in [0.5, 0.6) is 0 Å². The molecule has 0 saturated carbocycles. The first-order chi connectivity index (χ1) is 6.07. The second-order valence-corrected chi connectivity index (χ2v) is 3.03. The molecule has 6 heteroatoms.